The minimum atomic E-state index is -2.58. The number of halogens is 2. The molecule has 1 aromatic rings. The molecule has 1 nitrogen and oxygen atoms in total. The summed E-state index contributed by atoms with van der Waals surface area (Å²) in [4.78, 5) is 0. The fraction of sp³-hybridized carbons (Fsp3) is 0.538. The van der Waals surface area contributed by atoms with Crippen LogP contribution >= 0.6 is 0 Å². The van der Waals surface area contributed by atoms with E-state index in [4.69, 9.17) is 0 Å². The molecule has 1 atom stereocenters. The first-order valence-corrected chi connectivity index (χ1v) is 5.66. The van der Waals surface area contributed by atoms with Gasteiger partial charge in [0.25, 0.3) is 5.92 Å². The van der Waals surface area contributed by atoms with Crippen molar-refractivity contribution in [2.24, 2.45) is 0 Å². The van der Waals surface area contributed by atoms with E-state index < -0.39 is 11.8 Å². The normalized spacial score (nSPS) is 24.4. The lowest BCUT2D eigenvalue weighted by Gasteiger charge is -2.32. The van der Waals surface area contributed by atoms with E-state index in [0.29, 0.717) is 13.1 Å². The summed E-state index contributed by atoms with van der Waals surface area (Å²) in [5.74, 6) is -3.26. The molecule has 2 rings (SSSR count). The van der Waals surface area contributed by atoms with Crippen LogP contribution in [0, 0.1) is 13.8 Å². The van der Waals surface area contributed by atoms with Gasteiger partial charge in [-0.15, -0.1) is 0 Å². The quantitative estimate of drug-likeness (QED) is 0.774. The summed E-state index contributed by atoms with van der Waals surface area (Å²) in [6.45, 7) is 4.74. The van der Waals surface area contributed by atoms with Gasteiger partial charge in [-0.05, 0) is 30.5 Å². The number of piperidine rings is 1. The van der Waals surface area contributed by atoms with E-state index in [1.54, 1.807) is 0 Å². The Morgan fingerprint density at radius 1 is 1.25 bits per heavy atom. The molecule has 1 saturated heterocycles. The Kier molecular flexibility index (Phi) is 2.98. The SMILES string of the molecule is Cc1ccc(C2CNCCC2(F)F)cc1C. The molecule has 16 heavy (non-hydrogen) atoms. The van der Waals surface area contributed by atoms with E-state index in [2.05, 4.69) is 5.32 Å². The monoisotopic (exact) mass is 225 g/mol. The number of aryl methyl sites for hydroxylation is 2. The molecule has 1 unspecified atom stereocenters. The van der Waals surface area contributed by atoms with Crippen molar-refractivity contribution in [2.45, 2.75) is 32.1 Å². The molecule has 1 aromatic carbocycles. The molecule has 0 aliphatic carbocycles. The first kappa shape index (κ1) is 11.5. The molecule has 1 aliphatic heterocycles. The minimum Gasteiger partial charge on any atom is -0.316 e. The van der Waals surface area contributed by atoms with Crippen molar-refractivity contribution < 1.29 is 8.78 Å². The molecule has 1 aliphatic rings. The number of alkyl halides is 2. The number of hydrogen-bond acceptors (Lipinski definition) is 1. The maximum atomic E-state index is 13.7. The number of hydrogen-bond donors (Lipinski definition) is 1. The first-order chi connectivity index (χ1) is 7.50. The van der Waals surface area contributed by atoms with E-state index in [0.717, 1.165) is 16.7 Å². The van der Waals surface area contributed by atoms with Gasteiger partial charge in [-0.3, -0.25) is 0 Å². The predicted octanol–water partition coefficient (Wildman–Crippen LogP) is 3.02. The molecular formula is C13H17F2N. The van der Waals surface area contributed by atoms with Gasteiger partial charge in [-0.1, -0.05) is 18.2 Å². The standard InChI is InChI=1S/C13H17F2N/c1-9-3-4-11(7-10(9)2)12-8-16-6-5-13(12,14)15/h3-4,7,12,16H,5-6,8H2,1-2H3. The van der Waals surface area contributed by atoms with Crippen LogP contribution in [0.15, 0.2) is 18.2 Å². The second-order valence-electron chi connectivity index (χ2n) is 4.61. The van der Waals surface area contributed by atoms with Crippen LogP contribution in [-0.2, 0) is 0 Å². The third-order valence-electron chi connectivity index (χ3n) is 3.43. The van der Waals surface area contributed by atoms with E-state index >= 15 is 0 Å². The van der Waals surface area contributed by atoms with Crippen molar-refractivity contribution >= 4 is 0 Å². The lowest BCUT2D eigenvalue weighted by molar-refractivity contribution is -0.0479. The van der Waals surface area contributed by atoms with Crippen LogP contribution in [0.5, 0.6) is 0 Å². The lowest BCUT2D eigenvalue weighted by Crippen LogP contribution is -2.42. The summed E-state index contributed by atoms with van der Waals surface area (Å²) in [6, 6.07) is 5.64. The van der Waals surface area contributed by atoms with Gasteiger partial charge in [-0.2, -0.15) is 0 Å². The highest BCUT2D eigenvalue weighted by Crippen LogP contribution is 2.38. The predicted molar refractivity (Wildman–Crippen MR) is 61.1 cm³/mol. The molecule has 0 radical (unpaired) electrons. The summed E-state index contributed by atoms with van der Waals surface area (Å²) >= 11 is 0. The van der Waals surface area contributed by atoms with Gasteiger partial charge in [0.15, 0.2) is 0 Å². The Balaban J connectivity index is 2.31. The highest BCUT2D eigenvalue weighted by Gasteiger charge is 2.42. The van der Waals surface area contributed by atoms with E-state index in [9.17, 15) is 8.78 Å². The largest absolute Gasteiger partial charge is 0.316 e. The second-order valence-corrected chi connectivity index (χ2v) is 4.61. The van der Waals surface area contributed by atoms with Crippen molar-refractivity contribution in [1.29, 1.82) is 0 Å². The summed E-state index contributed by atoms with van der Waals surface area (Å²) < 4.78 is 27.5. The molecule has 1 fully saturated rings. The van der Waals surface area contributed by atoms with Gasteiger partial charge < -0.3 is 5.32 Å². The van der Waals surface area contributed by atoms with Gasteiger partial charge in [0.2, 0.25) is 0 Å². The van der Waals surface area contributed by atoms with Gasteiger partial charge in [-0.25, -0.2) is 8.78 Å². The zero-order chi connectivity index (χ0) is 11.8. The fourth-order valence-corrected chi connectivity index (χ4v) is 2.17. The van der Waals surface area contributed by atoms with Gasteiger partial charge in [0.1, 0.15) is 0 Å². The average molecular weight is 225 g/mol. The molecule has 0 bridgehead atoms. The third kappa shape index (κ3) is 2.09. The maximum Gasteiger partial charge on any atom is 0.257 e. The molecule has 0 amide bonds. The molecule has 0 spiro atoms. The number of nitrogens with one attached hydrogen (secondary N) is 1. The molecular weight excluding hydrogens is 208 g/mol. The summed E-state index contributed by atoms with van der Waals surface area (Å²) in [6.07, 6.45) is -0.0649. The Morgan fingerprint density at radius 2 is 2.00 bits per heavy atom. The van der Waals surface area contributed by atoms with Crippen LogP contribution in [0.3, 0.4) is 0 Å². The van der Waals surface area contributed by atoms with E-state index in [1.165, 1.54) is 0 Å². The van der Waals surface area contributed by atoms with Crippen LogP contribution in [-0.4, -0.2) is 19.0 Å². The Hall–Kier alpha value is -0.960. The molecule has 3 heteroatoms. The van der Waals surface area contributed by atoms with Crippen molar-refractivity contribution in [3.05, 3.63) is 34.9 Å². The van der Waals surface area contributed by atoms with Gasteiger partial charge >= 0.3 is 0 Å². The van der Waals surface area contributed by atoms with Crippen molar-refractivity contribution in [3.8, 4) is 0 Å². The van der Waals surface area contributed by atoms with Crippen molar-refractivity contribution in [3.63, 3.8) is 0 Å². The average Bonchev–Trinajstić information content (AvgIpc) is 2.22. The number of rotatable bonds is 1. The smallest absolute Gasteiger partial charge is 0.257 e. The zero-order valence-electron chi connectivity index (χ0n) is 9.69. The molecule has 0 aromatic heterocycles. The minimum absolute atomic E-state index is 0.0649. The fourth-order valence-electron chi connectivity index (χ4n) is 2.17. The molecule has 1 heterocycles. The van der Waals surface area contributed by atoms with Gasteiger partial charge in [0.05, 0.1) is 5.92 Å². The molecule has 88 valence electrons. The second kappa shape index (κ2) is 4.13. The topological polar surface area (TPSA) is 12.0 Å². The van der Waals surface area contributed by atoms with Crippen molar-refractivity contribution in [1.82, 2.24) is 5.32 Å². The maximum absolute atomic E-state index is 13.7. The lowest BCUT2D eigenvalue weighted by atomic mass is 9.86. The Morgan fingerprint density at radius 3 is 2.62 bits per heavy atom. The summed E-state index contributed by atoms with van der Waals surface area (Å²) in [5, 5.41) is 3.04. The van der Waals surface area contributed by atoms with Crippen LogP contribution < -0.4 is 5.32 Å². The first-order valence-electron chi connectivity index (χ1n) is 5.66. The van der Waals surface area contributed by atoms with Crippen molar-refractivity contribution in [2.75, 3.05) is 13.1 Å². The zero-order valence-corrected chi connectivity index (χ0v) is 9.69. The summed E-state index contributed by atoms with van der Waals surface area (Å²) in [5.41, 5.74) is 2.98. The van der Waals surface area contributed by atoms with Crippen LogP contribution in [0.25, 0.3) is 0 Å². The Labute approximate surface area is 94.9 Å². The van der Waals surface area contributed by atoms with E-state index in [1.807, 2.05) is 32.0 Å². The number of benzene rings is 1. The third-order valence-corrected chi connectivity index (χ3v) is 3.43. The van der Waals surface area contributed by atoms with Crippen LogP contribution in [0.1, 0.15) is 29.0 Å². The van der Waals surface area contributed by atoms with Crippen LogP contribution in [0.4, 0.5) is 8.78 Å². The molecule has 1 N–H and O–H groups in total. The molecule has 0 saturated carbocycles. The van der Waals surface area contributed by atoms with Crippen LogP contribution in [0.2, 0.25) is 0 Å². The van der Waals surface area contributed by atoms with Gasteiger partial charge in [0, 0.05) is 19.5 Å². The highest BCUT2D eigenvalue weighted by atomic mass is 19.3. The Bertz CT molecular complexity index is 388. The highest BCUT2D eigenvalue weighted by molar-refractivity contribution is 5.33. The van der Waals surface area contributed by atoms with E-state index in [-0.39, 0.29) is 6.42 Å². The summed E-state index contributed by atoms with van der Waals surface area (Å²) in [7, 11) is 0.